The second-order valence-electron chi connectivity index (χ2n) is 3.07. The predicted octanol–water partition coefficient (Wildman–Crippen LogP) is 0.588. The van der Waals surface area contributed by atoms with Crippen LogP contribution >= 0.6 is 11.3 Å². The van der Waals surface area contributed by atoms with E-state index in [9.17, 15) is 0 Å². The zero-order valence-corrected chi connectivity index (χ0v) is 8.92. The molecule has 0 radical (unpaired) electrons. The third-order valence-corrected chi connectivity index (χ3v) is 2.78. The van der Waals surface area contributed by atoms with Gasteiger partial charge in [-0.3, -0.25) is 4.98 Å². The van der Waals surface area contributed by atoms with E-state index in [2.05, 4.69) is 30.9 Å². The molecule has 3 heterocycles. The molecule has 16 heavy (non-hydrogen) atoms. The number of hydrogen-bond acceptors (Lipinski definition) is 7. The largest absolute Gasteiger partial charge is 0.364 e. The lowest BCUT2D eigenvalue weighted by molar-refractivity contribution is 0.734. The summed E-state index contributed by atoms with van der Waals surface area (Å²) < 4.78 is 1.38. The molecule has 0 saturated carbocycles. The first-order valence-electron chi connectivity index (χ1n) is 4.58. The van der Waals surface area contributed by atoms with Crippen LogP contribution in [0.1, 0.15) is 4.88 Å². The van der Waals surface area contributed by atoms with Gasteiger partial charge in [-0.1, -0.05) is 0 Å². The van der Waals surface area contributed by atoms with Gasteiger partial charge in [0.15, 0.2) is 5.65 Å². The third-order valence-electron chi connectivity index (χ3n) is 2.00. The highest BCUT2D eigenvalue weighted by Gasteiger charge is 2.00. The van der Waals surface area contributed by atoms with Gasteiger partial charge >= 0.3 is 0 Å². The van der Waals surface area contributed by atoms with Gasteiger partial charge in [0.25, 0.3) is 0 Å². The molecule has 0 amide bonds. The summed E-state index contributed by atoms with van der Waals surface area (Å²) in [5.41, 5.74) is 2.43. The molecule has 0 fully saturated rings. The fourth-order valence-corrected chi connectivity index (χ4v) is 1.79. The van der Waals surface area contributed by atoms with Crippen LogP contribution in [0.4, 0.5) is 5.82 Å². The quantitative estimate of drug-likeness (QED) is 0.713. The van der Waals surface area contributed by atoms with Crippen molar-refractivity contribution in [3.05, 3.63) is 28.7 Å². The SMILES string of the molecule is c1ncc(CNc2ccc3nnnn3n2)s1. The molecule has 8 heteroatoms. The molecule has 0 aliphatic rings. The normalized spacial score (nSPS) is 10.8. The Kier molecular flexibility index (Phi) is 2.18. The van der Waals surface area contributed by atoms with Crippen LogP contribution in [0, 0.1) is 0 Å². The van der Waals surface area contributed by atoms with Gasteiger partial charge in [0.2, 0.25) is 0 Å². The van der Waals surface area contributed by atoms with Crippen LogP contribution in [0.2, 0.25) is 0 Å². The molecule has 0 atom stereocenters. The summed E-state index contributed by atoms with van der Waals surface area (Å²) in [7, 11) is 0. The Morgan fingerprint density at radius 2 is 2.38 bits per heavy atom. The maximum Gasteiger partial charge on any atom is 0.200 e. The molecule has 3 aromatic rings. The highest BCUT2D eigenvalue weighted by Crippen LogP contribution is 2.09. The minimum Gasteiger partial charge on any atom is -0.364 e. The van der Waals surface area contributed by atoms with Crippen LogP contribution in [-0.4, -0.2) is 30.2 Å². The molecular formula is C8H7N7S. The van der Waals surface area contributed by atoms with Gasteiger partial charge in [0.05, 0.1) is 12.1 Å². The number of tetrazole rings is 1. The second-order valence-corrected chi connectivity index (χ2v) is 4.04. The summed E-state index contributed by atoms with van der Waals surface area (Å²) in [6.45, 7) is 0.700. The predicted molar refractivity (Wildman–Crippen MR) is 58.0 cm³/mol. The molecule has 0 bridgehead atoms. The number of hydrogen-bond donors (Lipinski definition) is 1. The van der Waals surface area contributed by atoms with E-state index in [4.69, 9.17) is 0 Å². The minimum absolute atomic E-state index is 0.628. The zero-order chi connectivity index (χ0) is 10.8. The number of nitrogens with one attached hydrogen (secondary N) is 1. The van der Waals surface area contributed by atoms with E-state index in [0.29, 0.717) is 12.2 Å². The fraction of sp³-hybridized carbons (Fsp3) is 0.125. The minimum atomic E-state index is 0.628. The number of rotatable bonds is 3. The van der Waals surface area contributed by atoms with Crippen molar-refractivity contribution < 1.29 is 0 Å². The number of thiazole rings is 1. The topological polar surface area (TPSA) is 80.9 Å². The van der Waals surface area contributed by atoms with Crippen LogP contribution in [0.15, 0.2) is 23.8 Å². The van der Waals surface area contributed by atoms with Gasteiger partial charge in [-0.15, -0.1) is 26.2 Å². The van der Waals surface area contributed by atoms with Gasteiger partial charge in [-0.25, -0.2) is 0 Å². The van der Waals surface area contributed by atoms with E-state index in [1.54, 1.807) is 16.8 Å². The number of fused-ring (bicyclic) bond motifs is 1. The summed E-state index contributed by atoms with van der Waals surface area (Å²) in [5.74, 6) is 0.730. The molecular weight excluding hydrogens is 226 g/mol. The maximum atomic E-state index is 4.19. The summed E-state index contributed by atoms with van der Waals surface area (Å²) >= 11 is 1.60. The van der Waals surface area contributed by atoms with Gasteiger partial charge in [-0.05, 0) is 22.6 Å². The van der Waals surface area contributed by atoms with Crippen LogP contribution in [0.5, 0.6) is 0 Å². The molecule has 0 aliphatic heterocycles. The van der Waals surface area contributed by atoms with Crippen molar-refractivity contribution in [1.29, 1.82) is 0 Å². The van der Waals surface area contributed by atoms with Crippen molar-refractivity contribution in [1.82, 2.24) is 30.2 Å². The van der Waals surface area contributed by atoms with Crippen LogP contribution in [-0.2, 0) is 6.54 Å². The Morgan fingerprint density at radius 3 is 3.25 bits per heavy atom. The summed E-state index contributed by atoms with van der Waals surface area (Å²) in [6.07, 6.45) is 1.83. The Balaban J connectivity index is 1.78. The van der Waals surface area contributed by atoms with Crippen molar-refractivity contribution in [3.8, 4) is 0 Å². The van der Waals surface area contributed by atoms with E-state index in [0.717, 1.165) is 10.7 Å². The lowest BCUT2D eigenvalue weighted by atomic mass is 10.5. The summed E-state index contributed by atoms with van der Waals surface area (Å²) in [4.78, 5) is 5.15. The molecule has 0 aliphatic carbocycles. The van der Waals surface area contributed by atoms with Crippen molar-refractivity contribution in [2.45, 2.75) is 6.54 Å². The van der Waals surface area contributed by atoms with Gasteiger partial charge in [0, 0.05) is 11.1 Å². The summed E-state index contributed by atoms with van der Waals surface area (Å²) in [5, 5.41) is 18.4. The van der Waals surface area contributed by atoms with Crippen LogP contribution in [0.3, 0.4) is 0 Å². The van der Waals surface area contributed by atoms with Gasteiger partial charge in [-0.2, -0.15) is 0 Å². The molecule has 1 N–H and O–H groups in total. The number of nitrogens with zero attached hydrogens (tertiary/aromatic N) is 6. The number of aromatic nitrogens is 6. The molecule has 0 aromatic carbocycles. The first kappa shape index (κ1) is 9.16. The van der Waals surface area contributed by atoms with E-state index in [1.807, 2.05) is 18.3 Å². The van der Waals surface area contributed by atoms with Crippen LogP contribution < -0.4 is 5.32 Å². The smallest absolute Gasteiger partial charge is 0.200 e. The molecule has 3 rings (SSSR count). The fourth-order valence-electron chi connectivity index (χ4n) is 1.25. The van der Waals surface area contributed by atoms with Gasteiger partial charge < -0.3 is 5.32 Å². The molecule has 7 nitrogen and oxygen atoms in total. The highest BCUT2D eigenvalue weighted by atomic mass is 32.1. The van der Waals surface area contributed by atoms with Crippen molar-refractivity contribution in [2.75, 3.05) is 5.32 Å². The lowest BCUT2D eigenvalue weighted by Gasteiger charge is -2.02. The Bertz CT molecular complexity index is 587. The van der Waals surface area contributed by atoms with E-state index >= 15 is 0 Å². The molecule has 0 saturated heterocycles. The standard InChI is InChI=1S/C8H7N7S/c1-2-8-11-13-14-15(8)12-7(1)10-4-6-3-9-5-16-6/h1-3,5H,4H2,(H,10,12). The Hall–Kier alpha value is -2.09. The second kappa shape index (κ2) is 3.81. The molecule has 0 unspecified atom stereocenters. The average molecular weight is 233 g/mol. The van der Waals surface area contributed by atoms with Gasteiger partial charge in [0.1, 0.15) is 5.82 Å². The summed E-state index contributed by atoms with van der Waals surface area (Å²) in [6, 6.07) is 3.65. The first-order chi connectivity index (χ1) is 7.92. The van der Waals surface area contributed by atoms with E-state index in [-0.39, 0.29) is 0 Å². The van der Waals surface area contributed by atoms with E-state index in [1.165, 1.54) is 4.63 Å². The zero-order valence-electron chi connectivity index (χ0n) is 8.11. The van der Waals surface area contributed by atoms with Crippen molar-refractivity contribution in [2.24, 2.45) is 0 Å². The van der Waals surface area contributed by atoms with Crippen LogP contribution in [0.25, 0.3) is 5.65 Å². The lowest BCUT2D eigenvalue weighted by Crippen LogP contribution is -2.03. The van der Waals surface area contributed by atoms with E-state index < -0.39 is 0 Å². The number of anilines is 1. The maximum absolute atomic E-state index is 4.19. The third kappa shape index (κ3) is 1.70. The first-order valence-corrected chi connectivity index (χ1v) is 5.46. The highest BCUT2D eigenvalue weighted by molar-refractivity contribution is 7.09. The Morgan fingerprint density at radius 1 is 1.38 bits per heavy atom. The van der Waals surface area contributed by atoms with Crippen molar-refractivity contribution in [3.63, 3.8) is 0 Å². The van der Waals surface area contributed by atoms with Crippen molar-refractivity contribution >= 4 is 22.8 Å². The molecule has 0 spiro atoms. The molecule has 80 valence electrons. The Labute approximate surface area is 94.1 Å². The average Bonchev–Trinajstić information content (AvgIpc) is 2.97. The molecule has 3 aromatic heterocycles. The monoisotopic (exact) mass is 233 g/mol.